The first-order valence-corrected chi connectivity index (χ1v) is 6.69. The van der Waals surface area contributed by atoms with E-state index in [9.17, 15) is 8.78 Å². The van der Waals surface area contributed by atoms with Crippen molar-refractivity contribution in [1.29, 1.82) is 0 Å². The molecule has 4 nitrogen and oxygen atoms in total. The molecule has 0 unspecified atom stereocenters. The van der Waals surface area contributed by atoms with Crippen LogP contribution in [0, 0.1) is 0 Å². The second-order valence-corrected chi connectivity index (χ2v) is 4.44. The second-order valence-electron chi connectivity index (χ2n) is 4.44. The van der Waals surface area contributed by atoms with Crippen molar-refractivity contribution in [2.75, 3.05) is 20.3 Å². The molecule has 1 aromatic heterocycles. The molecule has 1 N–H and O–H groups in total. The van der Waals surface area contributed by atoms with Crippen LogP contribution in [-0.4, -0.2) is 30.0 Å². The number of alkyl halides is 2. The van der Waals surface area contributed by atoms with E-state index in [1.54, 1.807) is 13.3 Å². The van der Waals surface area contributed by atoms with E-state index in [4.69, 9.17) is 4.74 Å². The average Bonchev–Trinajstić information content (AvgIpc) is 2.80. The minimum Gasteiger partial charge on any atom is -0.383 e. The first kappa shape index (κ1) is 16.0. The first-order chi connectivity index (χ1) is 9.15. The van der Waals surface area contributed by atoms with Gasteiger partial charge in [0.1, 0.15) is 5.69 Å². The number of halogens is 2. The molecular formula is C13H23F2N3O. The summed E-state index contributed by atoms with van der Waals surface area (Å²) in [5.74, 6) is 0. The Morgan fingerprint density at radius 1 is 1.37 bits per heavy atom. The Balaban J connectivity index is 2.81. The van der Waals surface area contributed by atoms with Gasteiger partial charge in [0.05, 0.1) is 18.8 Å². The SMILES string of the molecule is CCC(CC)n1ncc(CNCCOC)c1C(F)F. The van der Waals surface area contributed by atoms with Crippen molar-refractivity contribution in [3.63, 3.8) is 0 Å². The van der Waals surface area contributed by atoms with Crippen LogP contribution in [-0.2, 0) is 11.3 Å². The van der Waals surface area contributed by atoms with E-state index in [-0.39, 0.29) is 11.7 Å². The predicted octanol–water partition coefficient (Wildman–Crippen LogP) is 2.92. The summed E-state index contributed by atoms with van der Waals surface area (Å²) >= 11 is 0. The Hall–Kier alpha value is -1.01. The molecule has 0 aromatic carbocycles. The molecule has 1 aromatic rings. The Labute approximate surface area is 113 Å². The van der Waals surface area contributed by atoms with Crippen molar-refractivity contribution in [3.05, 3.63) is 17.5 Å². The van der Waals surface area contributed by atoms with Gasteiger partial charge in [-0.3, -0.25) is 4.68 Å². The summed E-state index contributed by atoms with van der Waals surface area (Å²) in [6.45, 7) is 5.56. The lowest BCUT2D eigenvalue weighted by Gasteiger charge is -2.17. The largest absolute Gasteiger partial charge is 0.383 e. The second kappa shape index (κ2) is 8.22. The zero-order valence-electron chi connectivity index (χ0n) is 11.8. The summed E-state index contributed by atoms with van der Waals surface area (Å²) < 4.78 is 32.8. The third kappa shape index (κ3) is 4.24. The lowest BCUT2D eigenvalue weighted by Crippen LogP contribution is -2.20. The number of ether oxygens (including phenoxy) is 1. The third-order valence-electron chi connectivity index (χ3n) is 3.21. The number of hydrogen-bond acceptors (Lipinski definition) is 3. The number of nitrogens with one attached hydrogen (secondary N) is 1. The molecule has 0 radical (unpaired) electrons. The lowest BCUT2D eigenvalue weighted by molar-refractivity contribution is 0.133. The molecule has 0 aliphatic carbocycles. The molecule has 0 saturated carbocycles. The first-order valence-electron chi connectivity index (χ1n) is 6.69. The molecule has 0 aliphatic rings. The summed E-state index contributed by atoms with van der Waals surface area (Å²) in [5.41, 5.74) is 0.608. The van der Waals surface area contributed by atoms with Crippen LogP contribution in [0.15, 0.2) is 6.20 Å². The van der Waals surface area contributed by atoms with Gasteiger partial charge in [-0.05, 0) is 12.8 Å². The standard InChI is InChI=1S/C13H23F2N3O/c1-4-11(5-2)18-12(13(14)15)10(9-17-18)8-16-6-7-19-3/h9,11,13,16H,4-8H2,1-3H3. The normalized spacial score (nSPS) is 11.7. The zero-order chi connectivity index (χ0) is 14.3. The van der Waals surface area contributed by atoms with Crippen LogP contribution in [0.1, 0.15) is 50.4 Å². The highest BCUT2D eigenvalue weighted by atomic mass is 19.3. The van der Waals surface area contributed by atoms with Crippen molar-refractivity contribution < 1.29 is 13.5 Å². The monoisotopic (exact) mass is 275 g/mol. The topological polar surface area (TPSA) is 39.1 Å². The Kier molecular flexibility index (Phi) is 6.94. The van der Waals surface area contributed by atoms with Gasteiger partial charge in [0.15, 0.2) is 0 Å². The van der Waals surface area contributed by atoms with Crippen LogP contribution in [0.5, 0.6) is 0 Å². The van der Waals surface area contributed by atoms with E-state index in [1.807, 2.05) is 13.8 Å². The maximum absolute atomic E-state index is 13.2. The van der Waals surface area contributed by atoms with Crippen LogP contribution < -0.4 is 5.32 Å². The molecule has 0 fully saturated rings. The number of hydrogen-bond donors (Lipinski definition) is 1. The smallest absolute Gasteiger partial charge is 0.280 e. The van der Waals surface area contributed by atoms with E-state index in [0.29, 0.717) is 25.3 Å². The average molecular weight is 275 g/mol. The summed E-state index contributed by atoms with van der Waals surface area (Å²) in [4.78, 5) is 0. The van der Waals surface area contributed by atoms with Gasteiger partial charge in [-0.2, -0.15) is 5.10 Å². The molecule has 0 spiro atoms. The summed E-state index contributed by atoms with van der Waals surface area (Å²) in [6, 6.07) is 0.0386. The number of nitrogens with zero attached hydrogens (tertiary/aromatic N) is 2. The van der Waals surface area contributed by atoms with Crippen LogP contribution in [0.25, 0.3) is 0 Å². The molecule has 1 rings (SSSR count). The molecule has 110 valence electrons. The zero-order valence-corrected chi connectivity index (χ0v) is 11.8. The van der Waals surface area contributed by atoms with Gasteiger partial charge in [0.25, 0.3) is 6.43 Å². The number of aromatic nitrogens is 2. The highest BCUT2D eigenvalue weighted by Gasteiger charge is 2.22. The van der Waals surface area contributed by atoms with Crippen LogP contribution in [0.4, 0.5) is 8.78 Å². The van der Waals surface area contributed by atoms with Crippen molar-refractivity contribution >= 4 is 0 Å². The molecule has 6 heteroatoms. The predicted molar refractivity (Wildman–Crippen MR) is 70.4 cm³/mol. The van der Waals surface area contributed by atoms with Crippen molar-refractivity contribution in [1.82, 2.24) is 15.1 Å². The van der Waals surface area contributed by atoms with Gasteiger partial charge < -0.3 is 10.1 Å². The molecule has 0 bridgehead atoms. The third-order valence-corrected chi connectivity index (χ3v) is 3.21. The molecule has 19 heavy (non-hydrogen) atoms. The van der Waals surface area contributed by atoms with E-state index < -0.39 is 6.43 Å². The van der Waals surface area contributed by atoms with E-state index in [2.05, 4.69) is 10.4 Å². The minimum atomic E-state index is -2.50. The molecule has 0 saturated heterocycles. The lowest BCUT2D eigenvalue weighted by atomic mass is 10.1. The van der Waals surface area contributed by atoms with Gasteiger partial charge in [0.2, 0.25) is 0 Å². The summed E-state index contributed by atoms with van der Waals surface area (Å²) in [7, 11) is 1.61. The Morgan fingerprint density at radius 3 is 2.58 bits per heavy atom. The molecule has 0 amide bonds. The highest BCUT2D eigenvalue weighted by molar-refractivity contribution is 5.19. The Bertz CT molecular complexity index is 365. The van der Waals surface area contributed by atoms with Crippen LogP contribution in [0.2, 0.25) is 0 Å². The van der Waals surface area contributed by atoms with Gasteiger partial charge in [0, 0.05) is 25.8 Å². The fourth-order valence-corrected chi connectivity index (χ4v) is 2.11. The van der Waals surface area contributed by atoms with Crippen molar-refractivity contribution in [3.8, 4) is 0 Å². The van der Waals surface area contributed by atoms with E-state index in [0.717, 1.165) is 12.8 Å². The van der Waals surface area contributed by atoms with Gasteiger partial charge >= 0.3 is 0 Å². The molecule has 1 heterocycles. The van der Waals surface area contributed by atoms with E-state index in [1.165, 1.54) is 4.68 Å². The van der Waals surface area contributed by atoms with Crippen LogP contribution in [0.3, 0.4) is 0 Å². The van der Waals surface area contributed by atoms with E-state index >= 15 is 0 Å². The quantitative estimate of drug-likeness (QED) is 0.704. The van der Waals surface area contributed by atoms with Crippen molar-refractivity contribution in [2.24, 2.45) is 0 Å². The Morgan fingerprint density at radius 2 is 2.05 bits per heavy atom. The highest BCUT2D eigenvalue weighted by Crippen LogP contribution is 2.28. The molecule has 0 atom stereocenters. The summed E-state index contributed by atoms with van der Waals surface area (Å²) in [6.07, 6.45) is 0.644. The molecule has 0 aliphatic heterocycles. The number of rotatable bonds is 9. The van der Waals surface area contributed by atoms with Crippen LogP contribution >= 0.6 is 0 Å². The van der Waals surface area contributed by atoms with Gasteiger partial charge in [-0.25, -0.2) is 8.78 Å². The molecular weight excluding hydrogens is 252 g/mol. The van der Waals surface area contributed by atoms with Crippen molar-refractivity contribution in [2.45, 2.75) is 45.7 Å². The van der Waals surface area contributed by atoms with Gasteiger partial charge in [-0.15, -0.1) is 0 Å². The number of methoxy groups -OCH3 is 1. The fourth-order valence-electron chi connectivity index (χ4n) is 2.11. The summed E-state index contributed by atoms with van der Waals surface area (Å²) in [5, 5.41) is 7.22. The fraction of sp³-hybridized carbons (Fsp3) is 0.769. The maximum atomic E-state index is 13.2. The maximum Gasteiger partial charge on any atom is 0.280 e. The van der Waals surface area contributed by atoms with Gasteiger partial charge in [-0.1, -0.05) is 13.8 Å². The minimum absolute atomic E-state index is 0.0386.